The van der Waals surface area contributed by atoms with Crippen LogP contribution >= 0.6 is 22.9 Å². The average Bonchev–Trinajstić information content (AvgIpc) is 3.07. The second-order valence-corrected chi connectivity index (χ2v) is 7.16. The third kappa shape index (κ3) is 2.52. The molecule has 5 heteroatoms. The predicted molar refractivity (Wildman–Crippen MR) is 84.6 cm³/mol. The third-order valence-corrected chi connectivity index (χ3v) is 5.42. The van der Waals surface area contributed by atoms with Gasteiger partial charge in [-0.05, 0) is 44.2 Å². The highest BCUT2D eigenvalue weighted by molar-refractivity contribution is 7.16. The van der Waals surface area contributed by atoms with Crippen LogP contribution in [0.4, 0.5) is 0 Å². The number of thiophene rings is 1. The number of aromatic nitrogens is 2. The van der Waals surface area contributed by atoms with Crippen molar-refractivity contribution < 1.29 is 0 Å². The van der Waals surface area contributed by atoms with Gasteiger partial charge in [0.1, 0.15) is 0 Å². The summed E-state index contributed by atoms with van der Waals surface area (Å²) in [4.78, 5) is 5.84. The first kappa shape index (κ1) is 14.1. The summed E-state index contributed by atoms with van der Waals surface area (Å²) >= 11 is 7.74. The number of nitrogens with zero attached hydrogens (tertiary/aromatic N) is 2. The van der Waals surface area contributed by atoms with Crippen LogP contribution in [0.25, 0.3) is 0 Å². The number of halogens is 1. The van der Waals surface area contributed by atoms with Gasteiger partial charge in [-0.25, -0.2) is 4.98 Å². The minimum absolute atomic E-state index is 0.0879. The average molecular weight is 310 g/mol. The van der Waals surface area contributed by atoms with E-state index in [0.29, 0.717) is 0 Å². The van der Waals surface area contributed by atoms with Gasteiger partial charge in [-0.15, -0.1) is 11.3 Å². The van der Waals surface area contributed by atoms with E-state index < -0.39 is 0 Å². The molecular formula is C15H20ClN3S. The van der Waals surface area contributed by atoms with Crippen LogP contribution in [0.15, 0.2) is 18.5 Å². The standard InChI is InChI=1S/C15H20ClN3S/c1-2-10(17)15(13-7-8-14(16)20-13)19-9-18-11-5-3-4-6-12(11)19/h7-10,15H,2-6,17H2,1H3. The third-order valence-electron chi connectivity index (χ3n) is 4.12. The quantitative estimate of drug-likeness (QED) is 0.933. The summed E-state index contributed by atoms with van der Waals surface area (Å²) in [6, 6.07) is 4.31. The lowest BCUT2D eigenvalue weighted by Gasteiger charge is -2.26. The monoisotopic (exact) mass is 309 g/mol. The molecule has 3 nitrogen and oxygen atoms in total. The Labute approximate surface area is 128 Å². The molecular weight excluding hydrogens is 290 g/mol. The minimum Gasteiger partial charge on any atom is -0.326 e. The zero-order valence-electron chi connectivity index (χ0n) is 11.7. The Morgan fingerprint density at radius 1 is 1.40 bits per heavy atom. The van der Waals surface area contributed by atoms with Crippen molar-refractivity contribution in [3.63, 3.8) is 0 Å². The van der Waals surface area contributed by atoms with Crippen molar-refractivity contribution in [3.05, 3.63) is 39.1 Å². The Kier molecular flexibility index (Phi) is 4.15. The van der Waals surface area contributed by atoms with Crippen LogP contribution in [-0.4, -0.2) is 15.6 Å². The largest absolute Gasteiger partial charge is 0.326 e. The number of imidazole rings is 1. The predicted octanol–water partition coefficient (Wildman–Crippen LogP) is 3.80. The summed E-state index contributed by atoms with van der Waals surface area (Å²) in [5.41, 5.74) is 9.02. The van der Waals surface area contributed by atoms with Gasteiger partial charge in [-0.1, -0.05) is 18.5 Å². The molecule has 3 rings (SSSR count). The van der Waals surface area contributed by atoms with Gasteiger partial charge in [0.25, 0.3) is 0 Å². The van der Waals surface area contributed by atoms with Gasteiger partial charge in [0.05, 0.1) is 22.4 Å². The van der Waals surface area contributed by atoms with Gasteiger partial charge < -0.3 is 10.3 Å². The second kappa shape index (κ2) is 5.88. The number of rotatable bonds is 4. The van der Waals surface area contributed by atoms with Crippen molar-refractivity contribution in [1.82, 2.24) is 9.55 Å². The molecule has 2 atom stereocenters. The van der Waals surface area contributed by atoms with Gasteiger partial charge in [-0.3, -0.25) is 0 Å². The number of hydrogen-bond acceptors (Lipinski definition) is 3. The van der Waals surface area contributed by atoms with E-state index in [0.717, 1.165) is 23.6 Å². The fourth-order valence-electron chi connectivity index (χ4n) is 3.00. The van der Waals surface area contributed by atoms with E-state index in [-0.39, 0.29) is 12.1 Å². The summed E-state index contributed by atoms with van der Waals surface area (Å²) in [6.45, 7) is 2.14. The number of hydrogen-bond donors (Lipinski definition) is 1. The normalized spacial score (nSPS) is 17.8. The van der Waals surface area contributed by atoms with Gasteiger partial charge in [-0.2, -0.15) is 0 Å². The molecule has 108 valence electrons. The van der Waals surface area contributed by atoms with Gasteiger partial charge in [0.15, 0.2) is 0 Å². The van der Waals surface area contributed by atoms with E-state index >= 15 is 0 Å². The molecule has 2 N–H and O–H groups in total. The van der Waals surface area contributed by atoms with Crippen LogP contribution in [0.5, 0.6) is 0 Å². The molecule has 20 heavy (non-hydrogen) atoms. The maximum absolute atomic E-state index is 6.40. The first-order chi connectivity index (χ1) is 9.70. The Morgan fingerprint density at radius 3 is 2.90 bits per heavy atom. The van der Waals surface area contributed by atoms with Crippen LogP contribution in [0.3, 0.4) is 0 Å². The molecule has 2 aromatic heterocycles. The first-order valence-corrected chi connectivity index (χ1v) is 8.45. The maximum atomic E-state index is 6.40. The zero-order valence-corrected chi connectivity index (χ0v) is 13.3. The van der Waals surface area contributed by atoms with Crippen LogP contribution < -0.4 is 5.73 Å². The van der Waals surface area contributed by atoms with Crippen molar-refractivity contribution in [2.24, 2.45) is 5.73 Å². The number of aryl methyl sites for hydroxylation is 1. The van der Waals surface area contributed by atoms with E-state index in [9.17, 15) is 0 Å². The van der Waals surface area contributed by atoms with Gasteiger partial charge in [0, 0.05) is 16.6 Å². The van der Waals surface area contributed by atoms with Crippen molar-refractivity contribution in [1.29, 1.82) is 0 Å². The van der Waals surface area contributed by atoms with Crippen LogP contribution in [-0.2, 0) is 12.8 Å². The summed E-state index contributed by atoms with van der Waals surface area (Å²) < 4.78 is 3.12. The van der Waals surface area contributed by atoms with Crippen molar-refractivity contribution >= 4 is 22.9 Å². The van der Waals surface area contributed by atoms with Gasteiger partial charge in [0.2, 0.25) is 0 Å². The highest BCUT2D eigenvalue weighted by Gasteiger charge is 2.26. The molecule has 0 bridgehead atoms. The molecule has 0 saturated heterocycles. The highest BCUT2D eigenvalue weighted by atomic mass is 35.5. The second-order valence-electron chi connectivity index (χ2n) is 5.41. The summed E-state index contributed by atoms with van der Waals surface area (Å²) in [6.07, 6.45) is 7.62. The molecule has 0 amide bonds. The van der Waals surface area contributed by atoms with E-state index in [1.165, 1.54) is 29.1 Å². The molecule has 0 spiro atoms. The van der Waals surface area contributed by atoms with E-state index in [1.54, 1.807) is 11.3 Å². The molecule has 0 fully saturated rings. The maximum Gasteiger partial charge on any atom is 0.0958 e. The highest BCUT2D eigenvalue weighted by Crippen LogP contribution is 2.34. The van der Waals surface area contributed by atoms with Crippen molar-refractivity contribution in [3.8, 4) is 0 Å². The fraction of sp³-hybridized carbons (Fsp3) is 0.533. The molecule has 1 aliphatic rings. The Balaban J connectivity index is 2.03. The molecule has 0 aromatic carbocycles. The van der Waals surface area contributed by atoms with E-state index in [2.05, 4.69) is 22.5 Å². The molecule has 1 aliphatic carbocycles. The number of fused-ring (bicyclic) bond motifs is 1. The zero-order chi connectivity index (χ0) is 14.1. The summed E-state index contributed by atoms with van der Waals surface area (Å²) in [7, 11) is 0. The smallest absolute Gasteiger partial charge is 0.0958 e. The van der Waals surface area contributed by atoms with Crippen LogP contribution in [0.1, 0.15) is 48.5 Å². The summed E-state index contributed by atoms with van der Waals surface area (Å²) in [5, 5.41) is 0. The molecule has 2 unspecified atom stereocenters. The minimum atomic E-state index is 0.0879. The summed E-state index contributed by atoms with van der Waals surface area (Å²) in [5.74, 6) is 0. The van der Waals surface area contributed by atoms with Crippen LogP contribution in [0, 0.1) is 0 Å². The lowest BCUT2D eigenvalue weighted by molar-refractivity contribution is 0.447. The SMILES string of the molecule is CCC(N)C(c1ccc(Cl)s1)n1cnc2c1CCCC2. The first-order valence-electron chi connectivity index (χ1n) is 7.26. The fourth-order valence-corrected chi connectivity index (χ4v) is 4.23. The van der Waals surface area contributed by atoms with E-state index in [1.807, 2.05) is 12.4 Å². The van der Waals surface area contributed by atoms with Crippen molar-refractivity contribution in [2.75, 3.05) is 0 Å². The topological polar surface area (TPSA) is 43.8 Å². The molecule has 2 heterocycles. The van der Waals surface area contributed by atoms with Crippen LogP contribution in [0.2, 0.25) is 4.34 Å². The Bertz CT molecular complexity index is 590. The van der Waals surface area contributed by atoms with Crippen molar-refractivity contribution in [2.45, 2.75) is 51.1 Å². The lowest BCUT2D eigenvalue weighted by Crippen LogP contribution is -2.32. The molecule has 2 aromatic rings. The Morgan fingerprint density at radius 2 is 2.20 bits per heavy atom. The lowest BCUT2D eigenvalue weighted by atomic mass is 9.99. The van der Waals surface area contributed by atoms with Gasteiger partial charge >= 0.3 is 0 Å². The Hall–Kier alpha value is -0.840. The molecule has 0 radical (unpaired) electrons. The molecule has 0 aliphatic heterocycles. The molecule has 0 saturated carbocycles. The van der Waals surface area contributed by atoms with E-state index in [4.69, 9.17) is 17.3 Å². The number of nitrogens with two attached hydrogens (primary N) is 1.